The Bertz CT molecular complexity index is 1190. The summed E-state index contributed by atoms with van der Waals surface area (Å²) in [5.41, 5.74) is 2.27. The number of nitrogens with one attached hydrogen (secondary N) is 1. The molecular weight excluding hydrogens is 437 g/mol. The number of fused-ring (bicyclic) bond motifs is 1. The summed E-state index contributed by atoms with van der Waals surface area (Å²) >= 11 is 0. The van der Waals surface area contributed by atoms with Gasteiger partial charge in [-0.3, -0.25) is 9.78 Å². The maximum atomic E-state index is 12.2. The minimum atomic E-state index is -0.0922. The van der Waals surface area contributed by atoms with Crippen LogP contribution < -0.4 is 15.7 Å². The molecular formula is C27H32BN5O2. The molecule has 1 saturated heterocycles. The Labute approximate surface area is 208 Å². The van der Waals surface area contributed by atoms with Crippen LogP contribution in [-0.2, 0) is 9.53 Å². The van der Waals surface area contributed by atoms with Crippen molar-refractivity contribution in [2.45, 2.75) is 57.9 Å². The molecule has 5 rings (SSSR count). The molecule has 3 aromatic heterocycles. The Morgan fingerprint density at radius 2 is 1.94 bits per heavy atom. The Morgan fingerprint density at radius 3 is 2.71 bits per heavy atom. The van der Waals surface area contributed by atoms with Crippen LogP contribution in [0.25, 0.3) is 22.0 Å². The largest absolute Gasteiger partial charge is 0.466 e. The average molecular weight is 469 g/mol. The van der Waals surface area contributed by atoms with Crippen molar-refractivity contribution in [1.29, 1.82) is 0 Å². The fraction of sp³-hybridized carbons (Fsp3) is 0.481. The predicted molar refractivity (Wildman–Crippen MR) is 140 cm³/mol. The maximum absolute atomic E-state index is 12.2. The highest BCUT2D eigenvalue weighted by Gasteiger charge is 2.27. The quantitative estimate of drug-likeness (QED) is 0.432. The van der Waals surface area contributed by atoms with Crippen LogP contribution in [0, 0.1) is 5.92 Å². The van der Waals surface area contributed by atoms with Gasteiger partial charge < -0.3 is 15.0 Å². The number of carbonyl (C=O) groups is 1. The first-order valence-electron chi connectivity index (χ1n) is 12.8. The molecule has 0 atom stereocenters. The lowest BCUT2D eigenvalue weighted by Gasteiger charge is -2.32. The standard InChI is InChI=1S/C27H32BN5O2/c1-2-35-27(34)18-9-12-33(13-10-18)26-21-8-11-29-16-19(21)14-24(32-26)22-15-25(30-17-23(22)28)31-20-6-4-3-5-7-20/h8,11,14-18,20H,2-7,9-10,12-13H2,1H3,(H,30,31). The van der Waals surface area contributed by atoms with E-state index in [1.807, 2.05) is 31.3 Å². The molecule has 7 nitrogen and oxygen atoms in total. The molecule has 1 N–H and O–H groups in total. The Balaban J connectivity index is 1.45. The van der Waals surface area contributed by atoms with Crippen molar-refractivity contribution in [1.82, 2.24) is 15.0 Å². The van der Waals surface area contributed by atoms with Gasteiger partial charge in [-0.15, -0.1) is 0 Å². The third kappa shape index (κ3) is 5.26. The molecule has 2 radical (unpaired) electrons. The molecule has 4 heterocycles. The van der Waals surface area contributed by atoms with Gasteiger partial charge in [0.15, 0.2) is 0 Å². The van der Waals surface area contributed by atoms with Crippen molar-refractivity contribution in [2.75, 3.05) is 29.9 Å². The summed E-state index contributed by atoms with van der Waals surface area (Å²) in [5, 5.41) is 5.66. The third-order valence-corrected chi connectivity index (χ3v) is 7.19. The monoisotopic (exact) mass is 469 g/mol. The lowest BCUT2D eigenvalue weighted by atomic mass is 9.90. The summed E-state index contributed by atoms with van der Waals surface area (Å²) in [6, 6.07) is 6.53. The Hall–Kier alpha value is -3.16. The van der Waals surface area contributed by atoms with Crippen LogP contribution in [0.15, 0.2) is 36.8 Å². The van der Waals surface area contributed by atoms with Crippen LogP contribution in [0.5, 0.6) is 0 Å². The Kier molecular flexibility index (Phi) is 7.16. The summed E-state index contributed by atoms with van der Waals surface area (Å²) in [6.45, 7) is 3.77. The summed E-state index contributed by atoms with van der Waals surface area (Å²) in [7, 11) is 6.40. The van der Waals surface area contributed by atoms with E-state index in [4.69, 9.17) is 17.6 Å². The molecule has 2 fully saturated rings. The lowest BCUT2D eigenvalue weighted by Crippen LogP contribution is -2.37. The zero-order valence-corrected chi connectivity index (χ0v) is 20.4. The second-order valence-electron chi connectivity index (χ2n) is 9.58. The van der Waals surface area contributed by atoms with Gasteiger partial charge in [-0.1, -0.05) is 24.7 Å². The molecule has 8 heteroatoms. The van der Waals surface area contributed by atoms with E-state index in [2.05, 4.69) is 20.2 Å². The first-order valence-corrected chi connectivity index (χ1v) is 12.8. The second kappa shape index (κ2) is 10.6. The fourth-order valence-electron chi connectivity index (χ4n) is 5.27. The van der Waals surface area contributed by atoms with E-state index >= 15 is 0 Å². The van der Waals surface area contributed by atoms with Crippen LogP contribution in [0.3, 0.4) is 0 Å². The predicted octanol–water partition coefficient (Wildman–Crippen LogP) is 4.01. The summed E-state index contributed by atoms with van der Waals surface area (Å²) in [5.74, 6) is 1.60. The SMILES string of the molecule is [B]c1cnc(NC2CCCCC2)cc1-c1cc2cnccc2c(N2CCC(C(=O)OCC)CC2)n1. The molecule has 180 valence electrons. The zero-order valence-electron chi connectivity index (χ0n) is 20.4. The molecule has 0 unspecified atom stereocenters. The minimum absolute atomic E-state index is 0.0495. The molecule has 0 aromatic carbocycles. The minimum Gasteiger partial charge on any atom is -0.466 e. The van der Waals surface area contributed by atoms with Crippen molar-refractivity contribution in [2.24, 2.45) is 5.92 Å². The van der Waals surface area contributed by atoms with Crippen molar-refractivity contribution in [3.05, 3.63) is 36.8 Å². The number of carbonyl (C=O) groups excluding carboxylic acids is 1. The van der Waals surface area contributed by atoms with Crippen molar-refractivity contribution < 1.29 is 9.53 Å². The molecule has 0 bridgehead atoms. The summed E-state index contributed by atoms with van der Waals surface area (Å²) in [6.07, 6.45) is 13.1. The first kappa shape index (κ1) is 23.6. The normalized spacial score (nSPS) is 17.5. The molecule has 1 aliphatic heterocycles. The highest BCUT2D eigenvalue weighted by molar-refractivity contribution is 6.35. The number of hydrogen-bond donors (Lipinski definition) is 1. The van der Waals surface area contributed by atoms with Crippen molar-refractivity contribution in [3.8, 4) is 11.3 Å². The van der Waals surface area contributed by atoms with E-state index in [1.54, 1.807) is 12.4 Å². The highest BCUT2D eigenvalue weighted by atomic mass is 16.5. The van der Waals surface area contributed by atoms with Gasteiger partial charge in [-0.05, 0) is 56.4 Å². The van der Waals surface area contributed by atoms with E-state index in [9.17, 15) is 4.79 Å². The number of nitrogens with zero attached hydrogens (tertiary/aromatic N) is 4. The van der Waals surface area contributed by atoms with Gasteiger partial charge in [0, 0.05) is 48.5 Å². The van der Waals surface area contributed by atoms with Crippen LogP contribution in [0.1, 0.15) is 51.9 Å². The van der Waals surface area contributed by atoms with Gasteiger partial charge in [0.2, 0.25) is 0 Å². The van der Waals surface area contributed by atoms with Crippen LogP contribution in [0.2, 0.25) is 0 Å². The van der Waals surface area contributed by atoms with Gasteiger partial charge in [-0.2, -0.15) is 0 Å². The molecule has 35 heavy (non-hydrogen) atoms. The van der Waals surface area contributed by atoms with E-state index in [0.717, 1.165) is 59.6 Å². The Morgan fingerprint density at radius 1 is 1.14 bits per heavy atom. The lowest BCUT2D eigenvalue weighted by molar-refractivity contribution is -0.148. The molecule has 0 amide bonds. The summed E-state index contributed by atoms with van der Waals surface area (Å²) in [4.78, 5) is 28.5. The number of rotatable bonds is 6. The second-order valence-corrected chi connectivity index (χ2v) is 9.58. The third-order valence-electron chi connectivity index (χ3n) is 7.19. The fourth-order valence-corrected chi connectivity index (χ4v) is 5.27. The number of anilines is 2. The van der Waals surface area contributed by atoms with Gasteiger partial charge in [0.25, 0.3) is 0 Å². The number of ether oxygens (including phenoxy) is 1. The van der Waals surface area contributed by atoms with Crippen LogP contribution in [0.4, 0.5) is 11.6 Å². The van der Waals surface area contributed by atoms with Crippen LogP contribution in [-0.4, -0.2) is 54.5 Å². The average Bonchev–Trinajstić information content (AvgIpc) is 2.90. The zero-order chi connectivity index (χ0) is 24.2. The molecule has 1 aliphatic carbocycles. The topological polar surface area (TPSA) is 80.2 Å². The first-order chi connectivity index (χ1) is 17.1. The number of pyridine rings is 3. The summed E-state index contributed by atoms with van der Waals surface area (Å²) < 4.78 is 5.24. The molecule has 1 saturated carbocycles. The smallest absolute Gasteiger partial charge is 0.309 e. The van der Waals surface area contributed by atoms with Crippen molar-refractivity contribution in [3.63, 3.8) is 0 Å². The van der Waals surface area contributed by atoms with Gasteiger partial charge in [0.1, 0.15) is 19.5 Å². The maximum Gasteiger partial charge on any atom is 0.309 e. The number of piperidine rings is 1. The van der Waals surface area contributed by atoms with Gasteiger partial charge in [0.05, 0.1) is 18.2 Å². The van der Waals surface area contributed by atoms with E-state index in [1.165, 1.54) is 32.1 Å². The number of esters is 1. The van der Waals surface area contributed by atoms with Gasteiger partial charge in [-0.25, -0.2) is 9.97 Å². The van der Waals surface area contributed by atoms with E-state index in [-0.39, 0.29) is 11.9 Å². The van der Waals surface area contributed by atoms with E-state index in [0.29, 0.717) is 18.1 Å². The van der Waals surface area contributed by atoms with Crippen molar-refractivity contribution >= 4 is 41.7 Å². The molecule has 2 aliphatic rings. The van der Waals surface area contributed by atoms with E-state index < -0.39 is 0 Å². The van der Waals surface area contributed by atoms with Crippen LogP contribution >= 0.6 is 0 Å². The molecule has 3 aromatic rings. The highest BCUT2D eigenvalue weighted by Crippen LogP contribution is 2.32. The number of aromatic nitrogens is 3. The molecule has 0 spiro atoms. The van der Waals surface area contributed by atoms with Gasteiger partial charge >= 0.3 is 5.97 Å². The number of hydrogen-bond acceptors (Lipinski definition) is 7.